The van der Waals surface area contributed by atoms with Gasteiger partial charge in [-0.3, -0.25) is 4.79 Å². The Morgan fingerprint density at radius 3 is 2.95 bits per heavy atom. The molecule has 0 aromatic heterocycles. The molecule has 1 aromatic rings. The summed E-state index contributed by atoms with van der Waals surface area (Å²) in [6.07, 6.45) is 5.52. The van der Waals surface area contributed by atoms with Gasteiger partial charge in [-0.05, 0) is 36.1 Å². The SMILES string of the molecule is COc1ccc2c3c1C(=O)C1(O)C=CC3(CC2)C1Br. The van der Waals surface area contributed by atoms with Gasteiger partial charge in [0.2, 0.25) is 5.78 Å². The van der Waals surface area contributed by atoms with Crippen LogP contribution in [0, 0.1) is 0 Å². The summed E-state index contributed by atoms with van der Waals surface area (Å²) in [6.45, 7) is 0. The maximum Gasteiger partial charge on any atom is 0.203 e. The molecule has 3 nitrogen and oxygen atoms in total. The summed E-state index contributed by atoms with van der Waals surface area (Å²) in [5.41, 5.74) is 1.12. The number of benzene rings is 1. The molecule has 4 heteroatoms. The first kappa shape index (κ1) is 11.7. The topological polar surface area (TPSA) is 46.5 Å². The van der Waals surface area contributed by atoms with Crippen molar-refractivity contribution in [3.05, 3.63) is 41.0 Å². The third-order valence-electron chi connectivity index (χ3n) is 4.81. The number of rotatable bonds is 1. The number of ether oxygens (including phenoxy) is 1. The van der Waals surface area contributed by atoms with Gasteiger partial charge in [0.05, 0.1) is 17.5 Å². The molecule has 0 saturated heterocycles. The predicted octanol–water partition coefficient (Wildman–Crippen LogP) is 2.14. The lowest BCUT2D eigenvalue weighted by atomic mass is 9.69. The Balaban J connectivity index is 2.14. The average molecular weight is 321 g/mol. The maximum atomic E-state index is 12.7. The molecule has 0 amide bonds. The fourth-order valence-corrected chi connectivity index (χ4v) is 4.85. The van der Waals surface area contributed by atoms with Crippen LogP contribution < -0.4 is 4.74 Å². The van der Waals surface area contributed by atoms with Gasteiger partial charge in [-0.25, -0.2) is 0 Å². The van der Waals surface area contributed by atoms with E-state index in [2.05, 4.69) is 15.9 Å². The second kappa shape index (κ2) is 3.30. The minimum Gasteiger partial charge on any atom is -0.496 e. The molecular weight excluding hydrogens is 308 g/mol. The van der Waals surface area contributed by atoms with Crippen LogP contribution in [0.15, 0.2) is 24.3 Å². The number of allylic oxidation sites excluding steroid dienone is 1. The fourth-order valence-electron chi connectivity index (χ4n) is 3.88. The molecule has 0 saturated carbocycles. The third kappa shape index (κ3) is 1.08. The van der Waals surface area contributed by atoms with Crippen molar-refractivity contribution in [2.45, 2.75) is 28.7 Å². The van der Waals surface area contributed by atoms with Crippen molar-refractivity contribution in [2.24, 2.45) is 0 Å². The van der Waals surface area contributed by atoms with Crippen molar-refractivity contribution in [1.82, 2.24) is 0 Å². The molecule has 0 fully saturated rings. The van der Waals surface area contributed by atoms with Crippen LogP contribution in [0.2, 0.25) is 0 Å². The molecular formula is C15H13BrO3. The Morgan fingerprint density at radius 2 is 2.21 bits per heavy atom. The molecule has 2 bridgehead atoms. The van der Waals surface area contributed by atoms with Gasteiger partial charge in [-0.15, -0.1) is 0 Å². The summed E-state index contributed by atoms with van der Waals surface area (Å²) in [4.78, 5) is 12.4. The first-order valence-corrected chi connectivity index (χ1v) is 7.28. The predicted molar refractivity (Wildman–Crippen MR) is 74.1 cm³/mol. The molecule has 4 rings (SSSR count). The number of carbonyl (C=O) groups excluding carboxylic acids is 1. The molecule has 1 N–H and O–H groups in total. The summed E-state index contributed by atoms with van der Waals surface area (Å²) in [5, 5.41) is 10.7. The number of fused-ring (bicyclic) bond motifs is 1. The van der Waals surface area contributed by atoms with E-state index in [9.17, 15) is 9.90 Å². The second-order valence-electron chi connectivity index (χ2n) is 5.57. The Hall–Kier alpha value is -1.13. The normalized spacial score (nSPS) is 37.6. The van der Waals surface area contributed by atoms with E-state index < -0.39 is 5.60 Å². The highest BCUT2D eigenvalue weighted by molar-refractivity contribution is 9.09. The zero-order valence-corrected chi connectivity index (χ0v) is 12.0. The number of hydrogen-bond acceptors (Lipinski definition) is 3. The van der Waals surface area contributed by atoms with Gasteiger partial charge >= 0.3 is 0 Å². The second-order valence-corrected chi connectivity index (χ2v) is 6.48. The van der Waals surface area contributed by atoms with E-state index in [4.69, 9.17) is 4.74 Å². The van der Waals surface area contributed by atoms with Crippen LogP contribution >= 0.6 is 15.9 Å². The number of hydrogen-bond donors (Lipinski definition) is 1. The van der Waals surface area contributed by atoms with Crippen LogP contribution in [0.5, 0.6) is 5.75 Å². The zero-order chi connectivity index (χ0) is 13.4. The summed E-state index contributed by atoms with van der Waals surface area (Å²) in [6, 6.07) is 3.87. The fraction of sp³-hybridized carbons (Fsp3) is 0.400. The Labute approximate surface area is 119 Å². The van der Waals surface area contributed by atoms with Crippen LogP contribution in [-0.2, 0) is 11.8 Å². The van der Waals surface area contributed by atoms with E-state index in [1.54, 1.807) is 13.2 Å². The van der Waals surface area contributed by atoms with Gasteiger partial charge < -0.3 is 9.84 Å². The molecule has 1 aromatic carbocycles. The Kier molecular flexibility index (Phi) is 2.03. The van der Waals surface area contributed by atoms with Crippen molar-refractivity contribution < 1.29 is 14.6 Å². The largest absolute Gasteiger partial charge is 0.496 e. The van der Waals surface area contributed by atoms with E-state index in [-0.39, 0.29) is 16.0 Å². The zero-order valence-electron chi connectivity index (χ0n) is 10.4. The lowest BCUT2D eigenvalue weighted by Crippen LogP contribution is -2.53. The first-order chi connectivity index (χ1) is 9.04. The number of aliphatic hydroxyl groups is 1. The van der Waals surface area contributed by atoms with E-state index in [0.717, 1.165) is 18.4 Å². The van der Waals surface area contributed by atoms with E-state index in [1.807, 2.05) is 18.2 Å². The summed E-state index contributed by atoms with van der Waals surface area (Å²) in [5.74, 6) is 0.311. The molecule has 19 heavy (non-hydrogen) atoms. The average Bonchev–Trinajstić information content (AvgIpc) is 2.89. The number of ketones is 1. The third-order valence-corrected chi connectivity index (χ3v) is 6.33. The smallest absolute Gasteiger partial charge is 0.203 e. The molecule has 3 aliphatic carbocycles. The first-order valence-electron chi connectivity index (χ1n) is 6.36. The summed E-state index contributed by atoms with van der Waals surface area (Å²) < 4.78 is 5.34. The van der Waals surface area contributed by atoms with Crippen molar-refractivity contribution in [3.63, 3.8) is 0 Å². The minimum absolute atomic E-state index is 0.255. The number of Topliss-reactive ketones (excluding diaryl/α,β-unsaturated/α-hetero) is 1. The number of halogens is 1. The summed E-state index contributed by atoms with van der Waals surface area (Å²) in [7, 11) is 1.56. The minimum atomic E-state index is -1.44. The highest BCUT2D eigenvalue weighted by Crippen LogP contribution is 2.59. The van der Waals surface area contributed by atoms with Gasteiger partial charge in [0, 0.05) is 5.41 Å². The van der Waals surface area contributed by atoms with Crippen molar-refractivity contribution in [3.8, 4) is 5.75 Å². The molecule has 98 valence electrons. The molecule has 0 radical (unpaired) electrons. The Bertz CT molecular complexity index is 651. The quantitative estimate of drug-likeness (QED) is 0.637. The van der Waals surface area contributed by atoms with Gasteiger partial charge in [-0.2, -0.15) is 0 Å². The molecule has 3 aliphatic rings. The molecule has 3 atom stereocenters. The van der Waals surface area contributed by atoms with Crippen LogP contribution in [0.25, 0.3) is 0 Å². The van der Waals surface area contributed by atoms with Crippen molar-refractivity contribution in [1.29, 1.82) is 0 Å². The van der Waals surface area contributed by atoms with Crippen LogP contribution in [0.3, 0.4) is 0 Å². The van der Waals surface area contributed by atoms with Crippen LogP contribution in [0.1, 0.15) is 27.9 Å². The number of aryl methyl sites for hydroxylation is 1. The number of alkyl halides is 1. The molecule has 0 heterocycles. The van der Waals surface area contributed by atoms with Gasteiger partial charge in [0.1, 0.15) is 5.75 Å². The lowest BCUT2D eigenvalue weighted by molar-refractivity contribution is 0.0475. The van der Waals surface area contributed by atoms with Crippen molar-refractivity contribution >= 4 is 21.7 Å². The standard InChI is InChI=1S/C15H13BrO3/c1-19-9-3-2-8-4-5-14-6-7-15(18,13(14)16)12(17)10(9)11(8)14/h2-3,6-7,13,18H,4-5H2,1H3. The monoisotopic (exact) mass is 320 g/mol. The van der Waals surface area contributed by atoms with Gasteiger partial charge in [-0.1, -0.05) is 28.1 Å². The lowest BCUT2D eigenvalue weighted by Gasteiger charge is -2.40. The number of methoxy groups -OCH3 is 1. The highest BCUT2D eigenvalue weighted by Gasteiger charge is 2.63. The van der Waals surface area contributed by atoms with Crippen LogP contribution in [-0.4, -0.2) is 28.4 Å². The van der Waals surface area contributed by atoms with E-state index in [1.165, 1.54) is 5.56 Å². The van der Waals surface area contributed by atoms with Crippen LogP contribution in [0.4, 0.5) is 0 Å². The molecule has 0 aliphatic heterocycles. The van der Waals surface area contributed by atoms with Crippen molar-refractivity contribution in [2.75, 3.05) is 7.11 Å². The summed E-state index contributed by atoms with van der Waals surface area (Å²) >= 11 is 3.57. The highest BCUT2D eigenvalue weighted by atomic mass is 79.9. The van der Waals surface area contributed by atoms with E-state index in [0.29, 0.717) is 11.3 Å². The van der Waals surface area contributed by atoms with Gasteiger partial charge in [0.25, 0.3) is 0 Å². The van der Waals surface area contributed by atoms with Gasteiger partial charge in [0.15, 0.2) is 5.60 Å². The maximum absolute atomic E-state index is 12.7. The number of carbonyl (C=O) groups is 1. The Morgan fingerprint density at radius 1 is 1.42 bits per heavy atom. The van der Waals surface area contributed by atoms with E-state index >= 15 is 0 Å². The molecule has 1 spiro atoms. The molecule has 3 unspecified atom stereocenters.